The van der Waals surface area contributed by atoms with Crippen molar-refractivity contribution in [3.8, 4) is 0 Å². The number of aliphatic carboxylic acids is 1. The highest BCUT2D eigenvalue weighted by molar-refractivity contribution is 7.10. The lowest BCUT2D eigenvalue weighted by molar-refractivity contribution is -0.139. The predicted octanol–water partition coefficient (Wildman–Crippen LogP) is 0.508. The Morgan fingerprint density at radius 1 is 1.59 bits per heavy atom. The molecule has 17 heavy (non-hydrogen) atoms. The maximum atomic E-state index is 11.6. The van der Waals surface area contributed by atoms with E-state index in [2.05, 4.69) is 5.32 Å². The molecule has 6 nitrogen and oxygen atoms in total. The van der Waals surface area contributed by atoms with Crippen LogP contribution in [0.5, 0.6) is 0 Å². The predicted molar refractivity (Wildman–Crippen MR) is 62.9 cm³/mol. The van der Waals surface area contributed by atoms with E-state index < -0.39 is 18.0 Å². The third-order valence-electron chi connectivity index (χ3n) is 2.12. The van der Waals surface area contributed by atoms with Crippen LogP contribution >= 0.6 is 11.3 Å². The molecule has 0 aliphatic carbocycles. The number of rotatable bonds is 5. The molecule has 1 rings (SSSR count). The Bertz CT molecular complexity index is 380. The summed E-state index contributed by atoms with van der Waals surface area (Å²) in [6.07, 6.45) is 0. The molecule has 3 N–H and O–H groups in total. The van der Waals surface area contributed by atoms with Gasteiger partial charge in [-0.15, -0.1) is 11.3 Å². The summed E-state index contributed by atoms with van der Waals surface area (Å²) >= 11 is 1.26. The minimum atomic E-state index is -1.11. The van der Waals surface area contributed by atoms with E-state index in [0.29, 0.717) is 4.88 Å². The van der Waals surface area contributed by atoms with Crippen molar-refractivity contribution in [3.63, 3.8) is 0 Å². The number of thiophene rings is 1. The van der Waals surface area contributed by atoms with Crippen molar-refractivity contribution in [2.75, 3.05) is 20.2 Å². The SMILES string of the molecule is CN(CCO)C(=O)NC(C(=O)O)c1cccs1. The summed E-state index contributed by atoms with van der Waals surface area (Å²) in [5.41, 5.74) is 0. The number of hydrogen-bond donors (Lipinski definition) is 3. The number of hydrogen-bond acceptors (Lipinski definition) is 4. The number of likely N-dealkylation sites (N-methyl/N-ethyl adjacent to an activating group) is 1. The molecule has 2 amide bonds. The first kappa shape index (κ1) is 13.5. The van der Waals surface area contributed by atoms with Crippen LogP contribution in [0.15, 0.2) is 17.5 Å². The van der Waals surface area contributed by atoms with E-state index in [4.69, 9.17) is 10.2 Å². The lowest BCUT2D eigenvalue weighted by atomic mass is 10.2. The average molecular weight is 258 g/mol. The molecule has 1 aromatic rings. The molecule has 0 aromatic carbocycles. The summed E-state index contributed by atoms with van der Waals surface area (Å²) < 4.78 is 0. The highest BCUT2D eigenvalue weighted by Gasteiger charge is 2.24. The summed E-state index contributed by atoms with van der Waals surface area (Å²) in [4.78, 5) is 24.4. The van der Waals surface area contributed by atoms with Gasteiger partial charge < -0.3 is 20.4 Å². The van der Waals surface area contributed by atoms with Crippen LogP contribution in [-0.2, 0) is 4.79 Å². The fourth-order valence-electron chi connectivity index (χ4n) is 1.20. The molecule has 7 heteroatoms. The molecule has 94 valence electrons. The van der Waals surface area contributed by atoms with E-state index in [1.54, 1.807) is 17.5 Å². The van der Waals surface area contributed by atoms with Crippen LogP contribution in [0, 0.1) is 0 Å². The number of aliphatic hydroxyl groups excluding tert-OH is 1. The zero-order valence-corrected chi connectivity index (χ0v) is 10.1. The summed E-state index contributed by atoms with van der Waals surface area (Å²) in [5, 5.41) is 21.8. The fourth-order valence-corrected chi connectivity index (χ4v) is 1.96. The molecule has 1 heterocycles. The van der Waals surface area contributed by atoms with Crippen molar-refractivity contribution >= 4 is 23.3 Å². The van der Waals surface area contributed by atoms with Gasteiger partial charge in [0.1, 0.15) is 0 Å². The Hall–Kier alpha value is -1.60. The smallest absolute Gasteiger partial charge is 0.331 e. The first-order chi connectivity index (χ1) is 8.06. The summed E-state index contributed by atoms with van der Waals surface area (Å²) in [6.45, 7) is -0.0106. The van der Waals surface area contributed by atoms with Gasteiger partial charge in [0.2, 0.25) is 0 Å². The number of carboxylic acid groups (broad SMARTS) is 1. The maximum Gasteiger partial charge on any atom is 0.331 e. The Balaban J connectivity index is 2.69. The second-order valence-corrected chi connectivity index (χ2v) is 4.36. The van der Waals surface area contributed by atoms with E-state index >= 15 is 0 Å². The molecule has 0 saturated heterocycles. The molecule has 0 aliphatic heterocycles. The van der Waals surface area contributed by atoms with Crippen molar-refractivity contribution in [2.45, 2.75) is 6.04 Å². The number of nitrogens with zero attached hydrogens (tertiary/aromatic N) is 1. The minimum Gasteiger partial charge on any atom is -0.479 e. The van der Waals surface area contributed by atoms with Crippen LogP contribution in [0.25, 0.3) is 0 Å². The summed E-state index contributed by atoms with van der Waals surface area (Å²) in [6, 6.07) is 1.79. The van der Waals surface area contributed by atoms with Gasteiger partial charge >= 0.3 is 12.0 Å². The number of urea groups is 1. The molecular formula is C10H14N2O4S. The van der Waals surface area contributed by atoms with Crippen molar-refractivity contribution in [1.29, 1.82) is 0 Å². The van der Waals surface area contributed by atoms with Crippen LogP contribution < -0.4 is 5.32 Å². The second-order valence-electron chi connectivity index (χ2n) is 3.38. The van der Waals surface area contributed by atoms with Gasteiger partial charge in [-0.1, -0.05) is 6.07 Å². The van der Waals surface area contributed by atoms with Gasteiger partial charge in [-0.3, -0.25) is 0 Å². The van der Waals surface area contributed by atoms with Crippen LogP contribution in [0.2, 0.25) is 0 Å². The Labute approximate surface area is 102 Å². The van der Waals surface area contributed by atoms with E-state index in [-0.39, 0.29) is 13.2 Å². The number of carbonyl (C=O) groups is 2. The van der Waals surface area contributed by atoms with Crippen molar-refractivity contribution in [3.05, 3.63) is 22.4 Å². The number of amides is 2. The summed E-state index contributed by atoms with van der Waals surface area (Å²) in [7, 11) is 1.49. The number of carboxylic acids is 1. The highest BCUT2D eigenvalue weighted by Crippen LogP contribution is 2.19. The molecule has 1 aromatic heterocycles. The third-order valence-corrected chi connectivity index (χ3v) is 3.06. The van der Waals surface area contributed by atoms with Crippen LogP contribution in [0.4, 0.5) is 4.79 Å². The average Bonchev–Trinajstić information content (AvgIpc) is 2.78. The first-order valence-corrected chi connectivity index (χ1v) is 5.83. The zero-order chi connectivity index (χ0) is 12.8. The normalized spacial score (nSPS) is 11.9. The van der Waals surface area contributed by atoms with Crippen LogP contribution in [-0.4, -0.2) is 47.3 Å². The monoisotopic (exact) mass is 258 g/mol. The second kappa shape index (κ2) is 6.21. The van der Waals surface area contributed by atoms with Gasteiger partial charge in [0, 0.05) is 18.5 Å². The van der Waals surface area contributed by atoms with Gasteiger partial charge in [-0.2, -0.15) is 0 Å². The molecule has 1 unspecified atom stereocenters. The Morgan fingerprint density at radius 2 is 2.29 bits per heavy atom. The summed E-state index contributed by atoms with van der Waals surface area (Å²) in [5.74, 6) is -1.11. The van der Waals surface area contributed by atoms with Gasteiger partial charge in [0.05, 0.1) is 6.61 Å². The van der Waals surface area contributed by atoms with Crippen LogP contribution in [0.1, 0.15) is 10.9 Å². The van der Waals surface area contributed by atoms with Gasteiger partial charge in [0.15, 0.2) is 6.04 Å². The van der Waals surface area contributed by atoms with Crippen molar-refractivity contribution < 1.29 is 19.8 Å². The maximum absolute atomic E-state index is 11.6. The molecule has 0 radical (unpaired) electrons. The van der Waals surface area contributed by atoms with Crippen LogP contribution in [0.3, 0.4) is 0 Å². The van der Waals surface area contributed by atoms with Gasteiger partial charge in [-0.25, -0.2) is 9.59 Å². The topological polar surface area (TPSA) is 89.9 Å². The molecule has 0 spiro atoms. The Kier molecular flexibility index (Phi) is 4.92. The van der Waals surface area contributed by atoms with E-state index in [0.717, 1.165) is 0 Å². The number of carbonyl (C=O) groups excluding carboxylic acids is 1. The van der Waals surface area contributed by atoms with Crippen molar-refractivity contribution in [1.82, 2.24) is 10.2 Å². The lowest BCUT2D eigenvalue weighted by Gasteiger charge is -2.19. The van der Waals surface area contributed by atoms with E-state index in [9.17, 15) is 9.59 Å². The van der Waals surface area contributed by atoms with Crippen molar-refractivity contribution in [2.24, 2.45) is 0 Å². The zero-order valence-electron chi connectivity index (χ0n) is 9.29. The van der Waals surface area contributed by atoms with E-state index in [1.807, 2.05) is 0 Å². The molecule has 0 bridgehead atoms. The molecule has 0 aliphatic rings. The van der Waals surface area contributed by atoms with E-state index in [1.165, 1.54) is 23.3 Å². The number of aliphatic hydroxyl groups is 1. The standard InChI is InChI=1S/C10H14N2O4S/c1-12(4-5-13)10(16)11-8(9(14)15)7-3-2-6-17-7/h2-3,6,8,13H,4-5H2,1H3,(H,11,16)(H,14,15). The minimum absolute atomic E-state index is 0.155. The molecule has 0 saturated carbocycles. The largest absolute Gasteiger partial charge is 0.479 e. The number of nitrogens with one attached hydrogen (secondary N) is 1. The quantitative estimate of drug-likeness (QED) is 0.717. The molecule has 1 atom stereocenters. The lowest BCUT2D eigenvalue weighted by Crippen LogP contribution is -2.42. The highest BCUT2D eigenvalue weighted by atomic mass is 32.1. The molecular weight excluding hydrogens is 244 g/mol. The molecule has 0 fully saturated rings. The van der Waals surface area contributed by atoms with Gasteiger partial charge in [-0.05, 0) is 11.4 Å². The Morgan fingerprint density at radius 3 is 2.76 bits per heavy atom. The first-order valence-electron chi connectivity index (χ1n) is 4.95. The van der Waals surface area contributed by atoms with Gasteiger partial charge in [0.25, 0.3) is 0 Å². The third kappa shape index (κ3) is 3.72. The fraction of sp³-hybridized carbons (Fsp3) is 0.400.